The number of hydrogen-bond donors (Lipinski definition) is 1. The van der Waals surface area contributed by atoms with Crippen molar-refractivity contribution >= 4 is 11.2 Å². The Morgan fingerprint density at radius 1 is 1.50 bits per heavy atom. The van der Waals surface area contributed by atoms with Crippen molar-refractivity contribution in [2.45, 2.75) is 38.6 Å². The van der Waals surface area contributed by atoms with Gasteiger partial charge in [0.25, 0.3) is 0 Å². The maximum Gasteiger partial charge on any atom is 0.159 e. The zero-order chi connectivity index (χ0) is 12.6. The monoisotopic (exact) mass is 244 g/mol. The van der Waals surface area contributed by atoms with Crippen LogP contribution in [0.25, 0.3) is 11.2 Å². The van der Waals surface area contributed by atoms with E-state index in [4.69, 9.17) is 4.98 Å². The zero-order valence-electron chi connectivity index (χ0n) is 11.1. The summed E-state index contributed by atoms with van der Waals surface area (Å²) in [7, 11) is 0. The Hall–Kier alpha value is -1.42. The lowest BCUT2D eigenvalue weighted by Crippen LogP contribution is -2.42. The predicted molar refractivity (Wildman–Crippen MR) is 72.7 cm³/mol. The summed E-state index contributed by atoms with van der Waals surface area (Å²) in [5.74, 6) is 1.19. The number of imidazole rings is 1. The van der Waals surface area contributed by atoms with E-state index in [0.29, 0.717) is 0 Å². The van der Waals surface area contributed by atoms with Gasteiger partial charge in [0.1, 0.15) is 11.3 Å². The molecular weight excluding hydrogens is 224 g/mol. The van der Waals surface area contributed by atoms with Crippen molar-refractivity contribution in [3.63, 3.8) is 0 Å². The molecule has 1 fully saturated rings. The number of piperidine rings is 1. The van der Waals surface area contributed by atoms with Crippen LogP contribution in [0.5, 0.6) is 0 Å². The van der Waals surface area contributed by atoms with Crippen molar-refractivity contribution in [3.8, 4) is 0 Å². The average molecular weight is 244 g/mol. The first-order valence-corrected chi connectivity index (χ1v) is 6.77. The van der Waals surface area contributed by atoms with E-state index in [1.165, 1.54) is 18.7 Å². The second-order valence-electron chi connectivity index (χ2n) is 5.37. The molecule has 96 valence electrons. The SMILES string of the molecule is CCn1c(C2(C)CCCNC2)nc2cccnc21. The normalized spacial score (nSPS) is 24.6. The highest BCUT2D eigenvalue weighted by atomic mass is 15.1. The molecule has 2 aromatic rings. The number of hydrogen-bond acceptors (Lipinski definition) is 3. The number of nitrogens with one attached hydrogen (secondary N) is 1. The summed E-state index contributed by atoms with van der Waals surface area (Å²) in [6.45, 7) is 7.54. The van der Waals surface area contributed by atoms with Crippen molar-refractivity contribution in [1.82, 2.24) is 19.9 Å². The lowest BCUT2D eigenvalue weighted by atomic mass is 9.82. The Bertz CT molecular complexity index is 552. The molecule has 1 aliphatic rings. The van der Waals surface area contributed by atoms with Crippen LogP contribution in [0.4, 0.5) is 0 Å². The Morgan fingerprint density at radius 2 is 2.39 bits per heavy atom. The first-order chi connectivity index (χ1) is 8.74. The molecule has 1 saturated heterocycles. The lowest BCUT2D eigenvalue weighted by molar-refractivity contribution is 0.315. The third kappa shape index (κ3) is 1.72. The molecule has 4 nitrogen and oxygen atoms in total. The van der Waals surface area contributed by atoms with Crippen LogP contribution in [0.3, 0.4) is 0 Å². The second-order valence-corrected chi connectivity index (χ2v) is 5.37. The number of aromatic nitrogens is 3. The fourth-order valence-corrected chi connectivity index (χ4v) is 2.97. The Balaban J connectivity index is 2.15. The van der Waals surface area contributed by atoms with Crippen molar-refractivity contribution in [3.05, 3.63) is 24.2 Å². The van der Waals surface area contributed by atoms with Gasteiger partial charge in [-0.1, -0.05) is 6.92 Å². The van der Waals surface area contributed by atoms with Crippen LogP contribution in [0.2, 0.25) is 0 Å². The molecule has 1 aliphatic heterocycles. The molecule has 0 amide bonds. The van der Waals surface area contributed by atoms with Gasteiger partial charge in [0.15, 0.2) is 5.65 Å². The molecule has 0 spiro atoms. The number of pyridine rings is 1. The maximum atomic E-state index is 4.84. The second kappa shape index (κ2) is 4.35. The average Bonchev–Trinajstić information content (AvgIpc) is 2.79. The van der Waals surface area contributed by atoms with E-state index in [2.05, 4.69) is 34.8 Å². The van der Waals surface area contributed by atoms with E-state index in [-0.39, 0.29) is 5.41 Å². The van der Waals surface area contributed by atoms with Crippen LogP contribution in [-0.4, -0.2) is 27.6 Å². The molecule has 0 radical (unpaired) electrons. The number of aryl methyl sites for hydroxylation is 1. The van der Waals surface area contributed by atoms with Gasteiger partial charge in [-0.2, -0.15) is 0 Å². The molecule has 1 atom stereocenters. The van der Waals surface area contributed by atoms with Gasteiger partial charge < -0.3 is 9.88 Å². The largest absolute Gasteiger partial charge is 0.316 e. The topological polar surface area (TPSA) is 42.7 Å². The summed E-state index contributed by atoms with van der Waals surface area (Å²) < 4.78 is 2.27. The number of fused-ring (bicyclic) bond motifs is 1. The molecule has 1 N–H and O–H groups in total. The van der Waals surface area contributed by atoms with Gasteiger partial charge in [0, 0.05) is 24.7 Å². The van der Waals surface area contributed by atoms with Crippen LogP contribution in [0.15, 0.2) is 18.3 Å². The smallest absolute Gasteiger partial charge is 0.159 e. The highest BCUT2D eigenvalue weighted by Gasteiger charge is 2.33. The standard InChI is InChI=1S/C14H20N4/c1-3-18-12-11(6-4-9-16-12)17-13(18)14(2)7-5-8-15-10-14/h4,6,9,15H,3,5,7-8,10H2,1-2H3. The molecular formula is C14H20N4. The third-order valence-electron chi connectivity index (χ3n) is 3.96. The van der Waals surface area contributed by atoms with Gasteiger partial charge in [0.2, 0.25) is 0 Å². The summed E-state index contributed by atoms with van der Waals surface area (Å²) in [6, 6.07) is 4.01. The van der Waals surface area contributed by atoms with Crippen LogP contribution >= 0.6 is 0 Å². The van der Waals surface area contributed by atoms with Gasteiger partial charge in [-0.05, 0) is 38.4 Å². The van der Waals surface area contributed by atoms with Gasteiger partial charge in [-0.3, -0.25) is 0 Å². The fraction of sp³-hybridized carbons (Fsp3) is 0.571. The van der Waals surface area contributed by atoms with Crippen LogP contribution in [0.1, 0.15) is 32.5 Å². The van der Waals surface area contributed by atoms with Crippen molar-refractivity contribution in [2.24, 2.45) is 0 Å². The molecule has 0 aliphatic carbocycles. The molecule has 2 aromatic heterocycles. The number of rotatable bonds is 2. The number of nitrogens with zero attached hydrogens (tertiary/aromatic N) is 3. The Kier molecular flexibility index (Phi) is 2.82. The van der Waals surface area contributed by atoms with Gasteiger partial charge >= 0.3 is 0 Å². The molecule has 3 heterocycles. The summed E-state index contributed by atoms with van der Waals surface area (Å²) >= 11 is 0. The lowest BCUT2D eigenvalue weighted by Gasteiger charge is -2.33. The maximum absolute atomic E-state index is 4.84. The highest BCUT2D eigenvalue weighted by Crippen LogP contribution is 2.31. The molecule has 0 bridgehead atoms. The first kappa shape index (κ1) is 11.7. The van der Waals surface area contributed by atoms with E-state index in [1.54, 1.807) is 0 Å². The Morgan fingerprint density at radius 3 is 3.11 bits per heavy atom. The van der Waals surface area contributed by atoms with Crippen molar-refractivity contribution in [2.75, 3.05) is 13.1 Å². The van der Waals surface area contributed by atoms with E-state index in [1.807, 2.05) is 12.3 Å². The minimum Gasteiger partial charge on any atom is -0.316 e. The zero-order valence-corrected chi connectivity index (χ0v) is 11.1. The highest BCUT2D eigenvalue weighted by molar-refractivity contribution is 5.71. The molecule has 3 rings (SSSR count). The molecule has 1 unspecified atom stereocenters. The Labute approximate surface area is 107 Å². The molecule has 0 aromatic carbocycles. The van der Waals surface area contributed by atoms with Crippen LogP contribution < -0.4 is 5.32 Å². The van der Waals surface area contributed by atoms with Crippen molar-refractivity contribution < 1.29 is 0 Å². The van der Waals surface area contributed by atoms with E-state index < -0.39 is 0 Å². The van der Waals surface area contributed by atoms with Gasteiger partial charge in [-0.15, -0.1) is 0 Å². The minimum atomic E-state index is 0.134. The van der Waals surface area contributed by atoms with E-state index in [9.17, 15) is 0 Å². The summed E-state index contributed by atoms with van der Waals surface area (Å²) in [5.41, 5.74) is 2.16. The quantitative estimate of drug-likeness (QED) is 0.879. The predicted octanol–water partition coefficient (Wildman–Crippen LogP) is 2.09. The summed E-state index contributed by atoms with van der Waals surface area (Å²) in [4.78, 5) is 9.32. The van der Waals surface area contributed by atoms with Crippen LogP contribution in [0, 0.1) is 0 Å². The van der Waals surface area contributed by atoms with Crippen molar-refractivity contribution in [1.29, 1.82) is 0 Å². The molecule has 4 heteroatoms. The van der Waals surface area contributed by atoms with Gasteiger partial charge in [-0.25, -0.2) is 9.97 Å². The molecule has 18 heavy (non-hydrogen) atoms. The summed E-state index contributed by atoms with van der Waals surface area (Å²) in [6.07, 6.45) is 4.27. The van der Waals surface area contributed by atoms with Gasteiger partial charge in [0.05, 0.1) is 0 Å². The fourth-order valence-electron chi connectivity index (χ4n) is 2.97. The van der Waals surface area contributed by atoms with Crippen LogP contribution in [-0.2, 0) is 12.0 Å². The first-order valence-electron chi connectivity index (χ1n) is 6.77. The van der Waals surface area contributed by atoms with E-state index >= 15 is 0 Å². The minimum absolute atomic E-state index is 0.134. The summed E-state index contributed by atoms with van der Waals surface area (Å²) in [5, 5.41) is 3.50. The third-order valence-corrected chi connectivity index (χ3v) is 3.96. The molecule has 0 saturated carbocycles. The van der Waals surface area contributed by atoms with E-state index in [0.717, 1.165) is 30.8 Å².